The highest BCUT2D eigenvalue weighted by Gasteiger charge is 2.15. The largest absolute Gasteiger partial charge is 0.444 e. The molecule has 114 valence electrons. The number of hydrogen-bond donors (Lipinski definition) is 3. The molecule has 7 nitrogen and oxygen atoms in total. The van der Waals surface area contributed by atoms with Crippen molar-refractivity contribution >= 4 is 17.9 Å². The van der Waals surface area contributed by atoms with Gasteiger partial charge in [-0.15, -0.1) is 0 Å². The molecule has 3 amide bonds. The second-order valence-electron chi connectivity index (χ2n) is 5.02. The lowest BCUT2D eigenvalue weighted by Gasteiger charge is -2.19. The van der Waals surface area contributed by atoms with Gasteiger partial charge < -0.3 is 20.7 Å². The number of hydrogen-bond acceptors (Lipinski definition) is 4. The molecule has 0 aromatic heterocycles. The molecular weight excluding hydrogens is 262 g/mol. The van der Waals surface area contributed by atoms with Crippen LogP contribution in [0.2, 0.25) is 0 Å². The van der Waals surface area contributed by atoms with Gasteiger partial charge in [-0.1, -0.05) is 6.58 Å². The van der Waals surface area contributed by atoms with Gasteiger partial charge in [0, 0.05) is 26.1 Å². The second-order valence-corrected chi connectivity index (χ2v) is 5.02. The Kier molecular flexibility index (Phi) is 8.03. The molecule has 0 atom stereocenters. The van der Waals surface area contributed by atoms with Crippen LogP contribution in [0.4, 0.5) is 4.79 Å². The molecule has 0 aliphatic rings. The molecule has 3 N–H and O–H groups in total. The van der Waals surface area contributed by atoms with Gasteiger partial charge in [0.2, 0.25) is 11.8 Å². The van der Waals surface area contributed by atoms with Crippen molar-refractivity contribution in [2.24, 2.45) is 0 Å². The highest BCUT2D eigenvalue weighted by molar-refractivity contribution is 5.86. The highest BCUT2D eigenvalue weighted by atomic mass is 16.6. The molecule has 0 saturated heterocycles. The number of nitrogens with one attached hydrogen (secondary N) is 3. The van der Waals surface area contributed by atoms with Crippen molar-refractivity contribution < 1.29 is 19.1 Å². The van der Waals surface area contributed by atoms with Crippen molar-refractivity contribution in [2.45, 2.75) is 32.8 Å². The first-order valence-electron chi connectivity index (χ1n) is 6.38. The van der Waals surface area contributed by atoms with Gasteiger partial charge in [0.25, 0.3) is 0 Å². The second kappa shape index (κ2) is 8.95. The molecule has 0 aromatic carbocycles. The maximum Gasteiger partial charge on any atom is 0.407 e. The third kappa shape index (κ3) is 11.1. The van der Waals surface area contributed by atoms with Crippen LogP contribution in [0.1, 0.15) is 27.2 Å². The monoisotopic (exact) mass is 285 g/mol. The van der Waals surface area contributed by atoms with Crippen LogP contribution in [0.25, 0.3) is 0 Å². The summed E-state index contributed by atoms with van der Waals surface area (Å²) >= 11 is 0. The predicted molar refractivity (Wildman–Crippen MR) is 75.1 cm³/mol. The molecule has 0 radical (unpaired) electrons. The van der Waals surface area contributed by atoms with Gasteiger partial charge in [0.05, 0.1) is 0 Å². The topological polar surface area (TPSA) is 96.5 Å². The van der Waals surface area contributed by atoms with Crippen LogP contribution < -0.4 is 16.0 Å². The summed E-state index contributed by atoms with van der Waals surface area (Å²) in [7, 11) is 0. The van der Waals surface area contributed by atoms with E-state index < -0.39 is 11.7 Å². The van der Waals surface area contributed by atoms with Crippen molar-refractivity contribution in [2.75, 3.05) is 19.6 Å². The van der Waals surface area contributed by atoms with Gasteiger partial charge in [-0.2, -0.15) is 0 Å². The van der Waals surface area contributed by atoms with Crippen molar-refractivity contribution in [3.05, 3.63) is 12.7 Å². The molecular formula is C13H23N3O4. The molecule has 0 bridgehead atoms. The molecule has 0 aliphatic heterocycles. The first-order valence-corrected chi connectivity index (χ1v) is 6.38. The average molecular weight is 285 g/mol. The quantitative estimate of drug-likeness (QED) is 0.463. The van der Waals surface area contributed by atoms with E-state index in [-0.39, 0.29) is 24.8 Å². The van der Waals surface area contributed by atoms with Gasteiger partial charge in [-0.05, 0) is 26.8 Å². The van der Waals surface area contributed by atoms with E-state index in [9.17, 15) is 14.4 Å². The minimum atomic E-state index is -0.560. The summed E-state index contributed by atoms with van der Waals surface area (Å²) in [4.78, 5) is 33.5. The summed E-state index contributed by atoms with van der Waals surface area (Å²) < 4.78 is 5.02. The molecule has 0 unspecified atom stereocenters. The zero-order valence-corrected chi connectivity index (χ0v) is 12.2. The van der Waals surface area contributed by atoms with E-state index in [1.54, 1.807) is 20.8 Å². The van der Waals surface area contributed by atoms with E-state index in [1.807, 2.05) is 0 Å². The van der Waals surface area contributed by atoms with E-state index in [0.29, 0.717) is 13.1 Å². The Hall–Kier alpha value is -2.05. The lowest BCUT2D eigenvalue weighted by molar-refractivity contribution is -0.121. The summed E-state index contributed by atoms with van der Waals surface area (Å²) in [6.07, 6.45) is 0.754. The van der Waals surface area contributed by atoms with E-state index in [2.05, 4.69) is 22.5 Å². The van der Waals surface area contributed by atoms with Gasteiger partial charge in [0.1, 0.15) is 5.60 Å². The van der Waals surface area contributed by atoms with Gasteiger partial charge >= 0.3 is 6.09 Å². The van der Waals surface area contributed by atoms with Gasteiger partial charge in [0.15, 0.2) is 0 Å². The van der Waals surface area contributed by atoms with Gasteiger partial charge in [-0.25, -0.2) is 4.79 Å². The summed E-state index contributed by atoms with van der Waals surface area (Å²) in [5.74, 6) is -0.500. The fraction of sp³-hybridized carbons (Fsp3) is 0.615. The third-order valence-corrected chi connectivity index (χ3v) is 1.95. The maximum absolute atomic E-state index is 11.4. The molecule has 0 heterocycles. The highest BCUT2D eigenvalue weighted by Crippen LogP contribution is 2.06. The first kappa shape index (κ1) is 17.9. The van der Waals surface area contributed by atoms with E-state index >= 15 is 0 Å². The number of ether oxygens (including phenoxy) is 1. The number of carbonyl (C=O) groups is 3. The van der Waals surface area contributed by atoms with Crippen LogP contribution in [0.3, 0.4) is 0 Å². The maximum atomic E-state index is 11.4. The zero-order chi connectivity index (χ0) is 15.6. The number of carbonyl (C=O) groups excluding carboxylic acids is 3. The first-order chi connectivity index (χ1) is 9.24. The fourth-order valence-electron chi connectivity index (χ4n) is 1.14. The Morgan fingerprint density at radius 1 is 1.05 bits per heavy atom. The minimum absolute atomic E-state index is 0.147. The predicted octanol–water partition coefficient (Wildman–Crippen LogP) is 0.320. The van der Waals surface area contributed by atoms with Crippen LogP contribution >= 0.6 is 0 Å². The number of rotatable bonds is 7. The normalized spacial score (nSPS) is 10.3. The Balaban J connectivity index is 3.61. The van der Waals surface area contributed by atoms with Crippen LogP contribution in [0.15, 0.2) is 12.7 Å². The third-order valence-electron chi connectivity index (χ3n) is 1.95. The van der Waals surface area contributed by atoms with Crippen LogP contribution in [-0.4, -0.2) is 43.1 Å². The average Bonchev–Trinajstić information content (AvgIpc) is 2.32. The summed E-state index contributed by atoms with van der Waals surface area (Å²) in [6.45, 7) is 9.44. The Labute approximate surface area is 119 Å². The van der Waals surface area contributed by atoms with Crippen molar-refractivity contribution in [3.63, 3.8) is 0 Å². The molecule has 20 heavy (non-hydrogen) atoms. The Bertz CT molecular complexity index is 361. The molecule has 0 saturated carbocycles. The summed E-state index contributed by atoms with van der Waals surface area (Å²) in [5.41, 5.74) is -0.560. The lowest BCUT2D eigenvalue weighted by Crippen LogP contribution is -2.37. The minimum Gasteiger partial charge on any atom is -0.444 e. The van der Waals surface area contributed by atoms with E-state index in [0.717, 1.165) is 6.08 Å². The summed E-state index contributed by atoms with van der Waals surface area (Å²) in [6, 6.07) is 0. The molecule has 0 fully saturated rings. The van der Waals surface area contributed by atoms with Crippen LogP contribution in [0, 0.1) is 0 Å². The molecule has 0 rings (SSSR count). The standard InChI is InChI=1S/C13H23N3O4/c1-5-10(17)14-8-9-15-11(18)6-7-16-12(19)20-13(2,3)4/h5H,1,6-9H2,2-4H3,(H,14,17)(H,15,18)(H,16,19). The Morgan fingerprint density at radius 2 is 1.65 bits per heavy atom. The number of amides is 3. The van der Waals surface area contributed by atoms with Gasteiger partial charge in [-0.3, -0.25) is 9.59 Å². The Morgan fingerprint density at radius 3 is 2.20 bits per heavy atom. The SMILES string of the molecule is C=CC(=O)NCCNC(=O)CCNC(=O)OC(C)(C)C. The lowest BCUT2D eigenvalue weighted by atomic mass is 10.2. The van der Waals surface area contributed by atoms with E-state index in [4.69, 9.17) is 4.74 Å². The molecule has 7 heteroatoms. The fourth-order valence-corrected chi connectivity index (χ4v) is 1.14. The summed E-state index contributed by atoms with van der Waals surface area (Å²) in [5, 5.41) is 7.61. The molecule has 0 spiro atoms. The van der Waals surface area contributed by atoms with Crippen molar-refractivity contribution in [1.29, 1.82) is 0 Å². The zero-order valence-electron chi connectivity index (χ0n) is 12.2. The van der Waals surface area contributed by atoms with Crippen LogP contribution in [0.5, 0.6) is 0 Å². The van der Waals surface area contributed by atoms with E-state index in [1.165, 1.54) is 0 Å². The molecule has 0 aromatic rings. The smallest absolute Gasteiger partial charge is 0.407 e. The van der Waals surface area contributed by atoms with Crippen molar-refractivity contribution in [1.82, 2.24) is 16.0 Å². The molecule has 0 aliphatic carbocycles. The van der Waals surface area contributed by atoms with Crippen LogP contribution in [-0.2, 0) is 14.3 Å². The number of alkyl carbamates (subject to hydrolysis) is 1. The van der Waals surface area contributed by atoms with Crippen molar-refractivity contribution in [3.8, 4) is 0 Å².